The summed E-state index contributed by atoms with van der Waals surface area (Å²) in [6.45, 7) is 3.90. The summed E-state index contributed by atoms with van der Waals surface area (Å²) in [5.74, 6) is -1.15. The van der Waals surface area contributed by atoms with Crippen molar-refractivity contribution in [2.45, 2.75) is 13.8 Å². The zero-order valence-electron chi connectivity index (χ0n) is 13.1. The Morgan fingerprint density at radius 2 is 1.65 bits per heavy atom. The summed E-state index contributed by atoms with van der Waals surface area (Å²) < 4.78 is 5.12. The summed E-state index contributed by atoms with van der Waals surface area (Å²) in [4.78, 5) is 24.0. The van der Waals surface area contributed by atoms with Gasteiger partial charge in [0.1, 0.15) is 5.75 Å². The number of methoxy groups -OCH3 is 1. The van der Waals surface area contributed by atoms with Crippen molar-refractivity contribution in [3.05, 3.63) is 52.5 Å². The van der Waals surface area contributed by atoms with E-state index < -0.39 is 11.8 Å². The van der Waals surface area contributed by atoms with Crippen molar-refractivity contribution in [2.75, 3.05) is 17.7 Å². The Bertz CT molecular complexity index is 759. The van der Waals surface area contributed by atoms with Crippen LogP contribution in [0.1, 0.15) is 11.1 Å². The Balaban J connectivity index is 2.10. The third-order valence-corrected chi connectivity index (χ3v) is 3.62. The van der Waals surface area contributed by atoms with Crippen LogP contribution in [0.5, 0.6) is 5.75 Å². The number of carbonyl (C=O) groups excluding carboxylic acids is 2. The molecule has 120 valence electrons. The third kappa shape index (κ3) is 4.23. The van der Waals surface area contributed by atoms with Crippen molar-refractivity contribution in [3.8, 4) is 5.75 Å². The summed E-state index contributed by atoms with van der Waals surface area (Å²) in [6, 6.07) is 10.2. The minimum Gasteiger partial charge on any atom is -0.495 e. The predicted octanol–water partition coefficient (Wildman–Crippen LogP) is 3.54. The van der Waals surface area contributed by atoms with E-state index in [-0.39, 0.29) is 0 Å². The average Bonchev–Trinajstić information content (AvgIpc) is 2.51. The quantitative estimate of drug-likeness (QED) is 0.845. The molecule has 0 bridgehead atoms. The lowest BCUT2D eigenvalue weighted by Crippen LogP contribution is -2.29. The number of anilines is 2. The van der Waals surface area contributed by atoms with E-state index in [1.807, 2.05) is 19.9 Å². The molecule has 2 rings (SSSR count). The number of benzene rings is 2. The minimum atomic E-state index is -0.802. The van der Waals surface area contributed by atoms with Crippen LogP contribution < -0.4 is 15.4 Å². The second kappa shape index (κ2) is 7.15. The van der Waals surface area contributed by atoms with E-state index in [9.17, 15) is 9.59 Å². The van der Waals surface area contributed by atoms with Crippen LogP contribution >= 0.6 is 11.6 Å². The first-order chi connectivity index (χ1) is 10.9. The van der Waals surface area contributed by atoms with Crippen LogP contribution in [-0.2, 0) is 9.59 Å². The number of halogens is 1. The van der Waals surface area contributed by atoms with Gasteiger partial charge in [0.15, 0.2) is 0 Å². The molecular formula is C17H17ClN2O3. The lowest BCUT2D eigenvalue weighted by Gasteiger charge is -2.11. The van der Waals surface area contributed by atoms with Crippen molar-refractivity contribution in [1.29, 1.82) is 0 Å². The number of rotatable bonds is 3. The summed E-state index contributed by atoms with van der Waals surface area (Å²) in [5, 5.41) is 5.47. The Kier molecular flexibility index (Phi) is 5.24. The van der Waals surface area contributed by atoms with Gasteiger partial charge in [0.05, 0.1) is 12.8 Å². The fraction of sp³-hybridized carbons (Fsp3) is 0.176. The summed E-state index contributed by atoms with van der Waals surface area (Å²) in [5.41, 5.74) is 3.03. The van der Waals surface area contributed by atoms with Crippen molar-refractivity contribution < 1.29 is 14.3 Å². The van der Waals surface area contributed by atoms with Gasteiger partial charge >= 0.3 is 11.8 Å². The van der Waals surface area contributed by atoms with E-state index in [1.165, 1.54) is 13.2 Å². The molecule has 0 aliphatic heterocycles. The molecule has 0 aliphatic rings. The lowest BCUT2D eigenvalue weighted by molar-refractivity contribution is -0.133. The number of hydrogen-bond acceptors (Lipinski definition) is 3. The molecule has 0 atom stereocenters. The normalized spacial score (nSPS) is 10.1. The van der Waals surface area contributed by atoms with Gasteiger partial charge in [0.2, 0.25) is 0 Å². The molecule has 0 radical (unpaired) electrons. The molecular weight excluding hydrogens is 316 g/mol. The first-order valence-electron chi connectivity index (χ1n) is 6.94. The highest BCUT2D eigenvalue weighted by Crippen LogP contribution is 2.27. The predicted molar refractivity (Wildman–Crippen MR) is 91.2 cm³/mol. The van der Waals surface area contributed by atoms with Gasteiger partial charge in [-0.1, -0.05) is 17.7 Å². The molecule has 0 fully saturated rings. The smallest absolute Gasteiger partial charge is 0.314 e. The standard InChI is InChI=1S/C17H17ClN2O3/c1-10-4-6-13(8-11(10)2)19-16(21)17(22)20-14-9-12(18)5-7-15(14)23-3/h4-9H,1-3H3,(H,19,21)(H,20,22). The zero-order valence-corrected chi connectivity index (χ0v) is 13.8. The minimum absolute atomic E-state index is 0.334. The van der Waals surface area contributed by atoms with Crippen LogP contribution in [0.25, 0.3) is 0 Å². The Labute approximate surface area is 139 Å². The molecule has 0 saturated carbocycles. The van der Waals surface area contributed by atoms with Crippen LogP contribution in [0.4, 0.5) is 11.4 Å². The third-order valence-electron chi connectivity index (χ3n) is 3.38. The Hall–Kier alpha value is -2.53. The average molecular weight is 333 g/mol. The van der Waals surface area contributed by atoms with E-state index in [2.05, 4.69) is 10.6 Å². The van der Waals surface area contributed by atoms with Gasteiger partial charge in [-0.05, 0) is 55.3 Å². The number of carbonyl (C=O) groups is 2. The fourth-order valence-corrected chi connectivity index (χ4v) is 2.14. The largest absolute Gasteiger partial charge is 0.495 e. The van der Waals surface area contributed by atoms with Gasteiger partial charge < -0.3 is 15.4 Å². The molecule has 0 aliphatic carbocycles. The van der Waals surface area contributed by atoms with Crippen LogP contribution in [0.2, 0.25) is 5.02 Å². The molecule has 2 N–H and O–H groups in total. The summed E-state index contributed by atoms with van der Waals surface area (Å²) in [7, 11) is 1.47. The molecule has 2 amide bonds. The van der Waals surface area contributed by atoms with Crippen molar-refractivity contribution in [1.82, 2.24) is 0 Å². The van der Waals surface area contributed by atoms with Crippen LogP contribution in [-0.4, -0.2) is 18.9 Å². The van der Waals surface area contributed by atoms with E-state index >= 15 is 0 Å². The molecule has 2 aromatic rings. The molecule has 0 heterocycles. The molecule has 23 heavy (non-hydrogen) atoms. The molecule has 0 saturated heterocycles. The molecule has 5 nitrogen and oxygen atoms in total. The van der Waals surface area contributed by atoms with Crippen LogP contribution in [0.3, 0.4) is 0 Å². The van der Waals surface area contributed by atoms with Crippen LogP contribution in [0.15, 0.2) is 36.4 Å². The number of hydrogen-bond donors (Lipinski definition) is 2. The fourth-order valence-electron chi connectivity index (χ4n) is 1.96. The Morgan fingerprint density at radius 1 is 0.957 bits per heavy atom. The van der Waals surface area contributed by atoms with E-state index in [0.717, 1.165) is 11.1 Å². The van der Waals surface area contributed by atoms with Crippen molar-refractivity contribution in [3.63, 3.8) is 0 Å². The van der Waals surface area contributed by atoms with E-state index in [0.29, 0.717) is 22.1 Å². The van der Waals surface area contributed by atoms with Crippen molar-refractivity contribution in [2.24, 2.45) is 0 Å². The molecule has 0 spiro atoms. The van der Waals surface area contributed by atoms with Gasteiger partial charge in [0.25, 0.3) is 0 Å². The van der Waals surface area contributed by atoms with Gasteiger partial charge in [-0.15, -0.1) is 0 Å². The van der Waals surface area contributed by atoms with E-state index in [4.69, 9.17) is 16.3 Å². The monoisotopic (exact) mass is 332 g/mol. The van der Waals surface area contributed by atoms with Gasteiger partial charge in [-0.25, -0.2) is 0 Å². The highest BCUT2D eigenvalue weighted by molar-refractivity contribution is 6.44. The first kappa shape index (κ1) is 16.8. The number of amides is 2. The lowest BCUT2D eigenvalue weighted by atomic mass is 10.1. The molecule has 0 unspecified atom stereocenters. The van der Waals surface area contributed by atoms with Gasteiger partial charge in [-0.2, -0.15) is 0 Å². The summed E-state index contributed by atoms with van der Waals surface area (Å²) in [6.07, 6.45) is 0. The Morgan fingerprint density at radius 3 is 2.30 bits per heavy atom. The molecule has 0 aromatic heterocycles. The van der Waals surface area contributed by atoms with Crippen LogP contribution in [0, 0.1) is 13.8 Å². The number of aryl methyl sites for hydroxylation is 2. The maximum absolute atomic E-state index is 12.0. The van der Waals surface area contributed by atoms with Crippen molar-refractivity contribution >= 4 is 34.8 Å². The topological polar surface area (TPSA) is 67.4 Å². The SMILES string of the molecule is COc1ccc(Cl)cc1NC(=O)C(=O)Nc1ccc(C)c(C)c1. The van der Waals surface area contributed by atoms with Gasteiger partial charge in [0, 0.05) is 10.7 Å². The molecule has 2 aromatic carbocycles. The van der Waals surface area contributed by atoms with Gasteiger partial charge in [-0.3, -0.25) is 9.59 Å². The molecule has 6 heteroatoms. The second-order valence-corrected chi connectivity index (χ2v) is 5.49. The number of nitrogens with one attached hydrogen (secondary N) is 2. The van der Waals surface area contributed by atoms with E-state index in [1.54, 1.807) is 24.3 Å². The maximum Gasteiger partial charge on any atom is 0.314 e. The number of ether oxygens (including phenoxy) is 1. The summed E-state index contributed by atoms with van der Waals surface area (Å²) >= 11 is 5.89. The zero-order chi connectivity index (χ0) is 17.0. The maximum atomic E-state index is 12.0. The highest BCUT2D eigenvalue weighted by atomic mass is 35.5. The second-order valence-electron chi connectivity index (χ2n) is 5.05. The first-order valence-corrected chi connectivity index (χ1v) is 7.31. The highest BCUT2D eigenvalue weighted by Gasteiger charge is 2.16.